The van der Waals surface area contributed by atoms with E-state index in [2.05, 4.69) is 12.2 Å². The highest BCUT2D eigenvalue weighted by Gasteiger charge is 2.27. The summed E-state index contributed by atoms with van der Waals surface area (Å²) in [7, 11) is 0. The molecule has 0 aromatic carbocycles. The Morgan fingerprint density at radius 1 is 1.13 bits per heavy atom. The Hall–Kier alpha value is -0.0800. The van der Waals surface area contributed by atoms with Crippen LogP contribution in [0, 0.1) is 11.8 Å². The summed E-state index contributed by atoms with van der Waals surface area (Å²) < 4.78 is 0. The van der Waals surface area contributed by atoms with Crippen molar-refractivity contribution in [1.82, 2.24) is 5.32 Å². The van der Waals surface area contributed by atoms with Gasteiger partial charge in [-0.1, -0.05) is 26.2 Å². The molecule has 0 saturated heterocycles. The van der Waals surface area contributed by atoms with Gasteiger partial charge in [0.1, 0.15) is 0 Å². The molecule has 0 radical (unpaired) electrons. The summed E-state index contributed by atoms with van der Waals surface area (Å²) >= 11 is 0. The van der Waals surface area contributed by atoms with Crippen LogP contribution in [0.3, 0.4) is 0 Å². The fraction of sp³-hybridized carbons (Fsp3) is 1.00. The monoisotopic (exact) mass is 212 g/mol. The molecule has 1 aliphatic carbocycles. The molecule has 15 heavy (non-hydrogen) atoms. The topological polar surface area (TPSA) is 38.0 Å². The number of rotatable bonds is 10. The van der Waals surface area contributed by atoms with Gasteiger partial charge in [-0.15, -0.1) is 0 Å². The Morgan fingerprint density at radius 2 is 1.80 bits per heavy atom. The second-order valence-electron chi connectivity index (χ2n) is 5.08. The Labute approximate surface area is 95.0 Å². The predicted octanol–water partition coefficient (Wildman–Crippen LogP) is 2.53. The van der Waals surface area contributed by atoms with E-state index in [1.807, 2.05) is 0 Å². The van der Waals surface area contributed by atoms with Crippen LogP contribution in [0.1, 0.15) is 51.9 Å². The van der Waals surface area contributed by atoms with Gasteiger partial charge in [0.2, 0.25) is 0 Å². The SMILES string of the molecule is CC(CNCCCCCCCN)C1CC1. The molecule has 0 aromatic heterocycles. The molecule has 1 fully saturated rings. The van der Waals surface area contributed by atoms with Crippen molar-refractivity contribution in [2.24, 2.45) is 17.6 Å². The fourth-order valence-corrected chi connectivity index (χ4v) is 2.09. The molecule has 1 aliphatic rings. The van der Waals surface area contributed by atoms with Crippen LogP contribution in [0.15, 0.2) is 0 Å². The number of hydrogen-bond donors (Lipinski definition) is 2. The number of unbranched alkanes of at least 4 members (excludes halogenated alkanes) is 4. The van der Waals surface area contributed by atoms with Crippen LogP contribution >= 0.6 is 0 Å². The molecule has 0 aromatic rings. The largest absolute Gasteiger partial charge is 0.330 e. The van der Waals surface area contributed by atoms with Crippen molar-refractivity contribution in [3.8, 4) is 0 Å². The molecule has 0 aliphatic heterocycles. The van der Waals surface area contributed by atoms with Crippen LogP contribution in [0.2, 0.25) is 0 Å². The maximum atomic E-state index is 5.45. The molecule has 0 amide bonds. The summed E-state index contributed by atoms with van der Waals surface area (Å²) in [6, 6.07) is 0. The van der Waals surface area contributed by atoms with Crippen molar-refractivity contribution < 1.29 is 0 Å². The first-order chi connectivity index (χ1) is 7.34. The molecule has 1 rings (SSSR count). The van der Waals surface area contributed by atoms with Crippen molar-refractivity contribution in [3.05, 3.63) is 0 Å². The molecule has 0 spiro atoms. The first-order valence-corrected chi connectivity index (χ1v) is 6.75. The third kappa shape index (κ3) is 6.91. The minimum Gasteiger partial charge on any atom is -0.330 e. The van der Waals surface area contributed by atoms with Crippen LogP contribution < -0.4 is 11.1 Å². The van der Waals surface area contributed by atoms with Gasteiger partial charge in [0.05, 0.1) is 0 Å². The smallest absolute Gasteiger partial charge is 0.00205 e. The lowest BCUT2D eigenvalue weighted by atomic mass is 10.1. The Kier molecular flexibility index (Phi) is 7.03. The molecule has 2 heteroatoms. The molecule has 1 saturated carbocycles. The van der Waals surface area contributed by atoms with Gasteiger partial charge in [-0.3, -0.25) is 0 Å². The number of nitrogens with one attached hydrogen (secondary N) is 1. The Bertz CT molecular complexity index is 143. The second kappa shape index (κ2) is 8.12. The van der Waals surface area contributed by atoms with E-state index in [1.54, 1.807) is 0 Å². The molecule has 1 atom stereocenters. The third-order valence-electron chi connectivity index (χ3n) is 3.45. The zero-order valence-electron chi connectivity index (χ0n) is 10.3. The van der Waals surface area contributed by atoms with E-state index in [0.29, 0.717) is 0 Å². The Balaban J connectivity index is 1.72. The molecular weight excluding hydrogens is 184 g/mol. The maximum Gasteiger partial charge on any atom is -0.00205 e. The minimum atomic E-state index is 0.858. The highest BCUT2D eigenvalue weighted by atomic mass is 14.9. The average molecular weight is 212 g/mol. The standard InChI is InChI=1S/C13H28N2/c1-12(13-7-8-13)11-15-10-6-4-2-3-5-9-14/h12-13,15H,2-11,14H2,1H3. The molecule has 90 valence electrons. The minimum absolute atomic E-state index is 0.858. The van der Waals surface area contributed by atoms with Crippen molar-refractivity contribution in [2.75, 3.05) is 19.6 Å². The zero-order chi connectivity index (χ0) is 10.9. The van der Waals surface area contributed by atoms with E-state index in [9.17, 15) is 0 Å². The average Bonchev–Trinajstić information content (AvgIpc) is 3.05. The molecule has 0 heterocycles. The van der Waals surface area contributed by atoms with E-state index in [-0.39, 0.29) is 0 Å². The summed E-state index contributed by atoms with van der Waals surface area (Å²) in [4.78, 5) is 0. The molecule has 0 bridgehead atoms. The molecule has 2 nitrogen and oxygen atoms in total. The van der Waals surface area contributed by atoms with Crippen LogP contribution in [-0.4, -0.2) is 19.6 Å². The second-order valence-corrected chi connectivity index (χ2v) is 5.08. The normalized spacial score (nSPS) is 18.0. The lowest BCUT2D eigenvalue weighted by Crippen LogP contribution is -2.23. The van der Waals surface area contributed by atoms with Crippen LogP contribution in [0.25, 0.3) is 0 Å². The zero-order valence-corrected chi connectivity index (χ0v) is 10.3. The Morgan fingerprint density at radius 3 is 2.47 bits per heavy atom. The van der Waals surface area contributed by atoms with Gasteiger partial charge in [0.25, 0.3) is 0 Å². The highest BCUT2D eigenvalue weighted by Crippen LogP contribution is 2.35. The first kappa shape index (κ1) is 13.0. The highest BCUT2D eigenvalue weighted by molar-refractivity contribution is 4.79. The van der Waals surface area contributed by atoms with Crippen molar-refractivity contribution >= 4 is 0 Å². The van der Waals surface area contributed by atoms with Gasteiger partial charge >= 0.3 is 0 Å². The number of nitrogens with two attached hydrogens (primary N) is 1. The van der Waals surface area contributed by atoms with E-state index in [0.717, 1.165) is 18.4 Å². The van der Waals surface area contributed by atoms with Crippen molar-refractivity contribution in [3.63, 3.8) is 0 Å². The van der Waals surface area contributed by atoms with Gasteiger partial charge in [0, 0.05) is 0 Å². The molecule has 1 unspecified atom stereocenters. The van der Waals surface area contributed by atoms with E-state index in [1.165, 1.54) is 58.0 Å². The van der Waals surface area contributed by atoms with Crippen molar-refractivity contribution in [1.29, 1.82) is 0 Å². The van der Waals surface area contributed by atoms with Crippen molar-refractivity contribution in [2.45, 2.75) is 51.9 Å². The van der Waals surface area contributed by atoms with Gasteiger partial charge in [-0.05, 0) is 57.2 Å². The fourth-order valence-electron chi connectivity index (χ4n) is 2.09. The van der Waals surface area contributed by atoms with E-state index >= 15 is 0 Å². The van der Waals surface area contributed by atoms with Gasteiger partial charge in [-0.2, -0.15) is 0 Å². The third-order valence-corrected chi connectivity index (χ3v) is 3.45. The number of hydrogen-bond acceptors (Lipinski definition) is 2. The van der Waals surface area contributed by atoms with E-state index in [4.69, 9.17) is 5.73 Å². The summed E-state index contributed by atoms with van der Waals surface area (Å²) in [6.07, 6.45) is 9.52. The summed E-state index contributed by atoms with van der Waals surface area (Å²) in [5, 5.41) is 3.57. The summed E-state index contributed by atoms with van der Waals surface area (Å²) in [6.45, 7) is 5.68. The van der Waals surface area contributed by atoms with Crippen LogP contribution in [0.5, 0.6) is 0 Å². The molecule has 3 N–H and O–H groups in total. The lowest BCUT2D eigenvalue weighted by molar-refractivity contribution is 0.454. The van der Waals surface area contributed by atoms with E-state index < -0.39 is 0 Å². The van der Waals surface area contributed by atoms with Crippen LogP contribution in [0.4, 0.5) is 0 Å². The summed E-state index contributed by atoms with van der Waals surface area (Å²) in [5.74, 6) is 1.95. The quantitative estimate of drug-likeness (QED) is 0.546. The predicted molar refractivity (Wildman–Crippen MR) is 66.9 cm³/mol. The first-order valence-electron chi connectivity index (χ1n) is 6.75. The van der Waals surface area contributed by atoms with Gasteiger partial charge in [-0.25, -0.2) is 0 Å². The molecular formula is C13H28N2. The van der Waals surface area contributed by atoms with Crippen LogP contribution in [-0.2, 0) is 0 Å². The van der Waals surface area contributed by atoms with Gasteiger partial charge in [0.15, 0.2) is 0 Å². The van der Waals surface area contributed by atoms with Gasteiger partial charge < -0.3 is 11.1 Å². The maximum absolute atomic E-state index is 5.45. The lowest BCUT2D eigenvalue weighted by Gasteiger charge is -2.10. The summed E-state index contributed by atoms with van der Waals surface area (Å²) in [5.41, 5.74) is 5.45.